The Kier molecular flexibility index (Phi) is 7.11. The van der Waals surface area contributed by atoms with Gasteiger partial charge in [0.05, 0.1) is 0 Å². The zero-order chi connectivity index (χ0) is 14.3. The van der Waals surface area contributed by atoms with Gasteiger partial charge < -0.3 is 5.73 Å². The highest BCUT2D eigenvalue weighted by molar-refractivity contribution is 5.25. The Morgan fingerprint density at radius 1 is 1.00 bits per heavy atom. The second-order valence-corrected chi connectivity index (χ2v) is 5.40. The normalized spacial score (nSPS) is 14.6. The highest BCUT2D eigenvalue weighted by Gasteiger charge is 2.20. The third kappa shape index (κ3) is 4.63. The first-order valence-electron chi connectivity index (χ1n) is 7.72. The molecule has 108 valence electrons. The van der Waals surface area contributed by atoms with Crippen molar-refractivity contribution in [1.29, 1.82) is 0 Å². The van der Waals surface area contributed by atoms with Crippen LogP contribution in [-0.4, -0.2) is 24.0 Å². The van der Waals surface area contributed by atoms with Crippen LogP contribution in [-0.2, 0) is 6.42 Å². The maximum absolute atomic E-state index is 6.45. The fourth-order valence-electron chi connectivity index (χ4n) is 2.57. The van der Waals surface area contributed by atoms with Gasteiger partial charge in [-0.3, -0.25) is 4.90 Å². The van der Waals surface area contributed by atoms with E-state index in [2.05, 4.69) is 56.9 Å². The maximum atomic E-state index is 6.45. The molecule has 1 aromatic rings. The summed E-state index contributed by atoms with van der Waals surface area (Å²) in [6.45, 7) is 11.2. The molecule has 0 aromatic heterocycles. The Morgan fingerprint density at radius 3 is 1.95 bits per heavy atom. The van der Waals surface area contributed by atoms with Crippen molar-refractivity contribution in [2.24, 2.45) is 5.73 Å². The number of nitrogens with two attached hydrogens (primary N) is 1. The molecule has 0 aliphatic rings. The monoisotopic (exact) mass is 262 g/mol. The van der Waals surface area contributed by atoms with Crippen molar-refractivity contribution in [3.8, 4) is 0 Å². The summed E-state index contributed by atoms with van der Waals surface area (Å²) in [5.74, 6) is 0. The Hall–Kier alpha value is -0.860. The van der Waals surface area contributed by atoms with Crippen LogP contribution in [0.3, 0.4) is 0 Å². The SMILES string of the molecule is CCCN(CCC)C(C)C(N)c1ccc(CC)cc1. The van der Waals surface area contributed by atoms with E-state index in [1.807, 2.05) is 0 Å². The van der Waals surface area contributed by atoms with E-state index in [1.54, 1.807) is 0 Å². The summed E-state index contributed by atoms with van der Waals surface area (Å²) in [4.78, 5) is 2.51. The third-order valence-electron chi connectivity index (χ3n) is 3.89. The zero-order valence-electron chi connectivity index (χ0n) is 13.0. The molecule has 0 heterocycles. The molecule has 2 atom stereocenters. The summed E-state index contributed by atoms with van der Waals surface area (Å²) in [6.07, 6.45) is 3.46. The Labute approximate surface area is 119 Å². The van der Waals surface area contributed by atoms with Gasteiger partial charge in [0.15, 0.2) is 0 Å². The van der Waals surface area contributed by atoms with Crippen LogP contribution in [0.4, 0.5) is 0 Å². The Balaban J connectivity index is 2.74. The smallest absolute Gasteiger partial charge is 0.0450 e. The first-order valence-corrected chi connectivity index (χ1v) is 7.72. The lowest BCUT2D eigenvalue weighted by molar-refractivity contribution is 0.184. The molecule has 0 saturated heterocycles. The summed E-state index contributed by atoms with van der Waals surface area (Å²) < 4.78 is 0. The maximum Gasteiger partial charge on any atom is 0.0450 e. The molecule has 19 heavy (non-hydrogen) atoms. The third-order valence-corrected chi connectivity index (χ3v) is 3.89. The van der Waals surface area contributed by atoms with Crippen molar-refractivity contribution >= 4 is 0 Å². The van der Waals surface area contributed by atoms with Gasteiger partial charge in [0.2, 0.25) is 0 Å². The largest absolute Gasteiger partial charge is 0.323 e. The molecule has 2 N–H and O–H groups in total. The van der Waals surface area contributed by atoms with Crippen LogP contribution in [0.25, 0.3) is 0 Å². The summed E-state index contributed by atoms with van der Waals surface area (Å²) in [6, 6.07) is 9.28. The molecule has 1 rings (SSSR count). The van der Waals surface area contributed by atoms with Gasteiger partial charge in [0, 0.05) is 12.1 Å². The molecule has 0 radical (unpaired) electrons. The first-order chi connectivity index (χ1) is 9.13. The van der Waals surface area contributed by atoms with E-state index in [0.29, 0.717) is 6.04 Å². The number of benzene rings is 1. The lowest BCUT2D eigenvalue weighted by atomic mass is 9.98. The zero-order valence-corrected chi connectivity index (χ0v) is 13.0. The molecular formula is C17H30N2. The molecule has 0 aliphatic carbocycles. The predicted octanol–water partition coefficient (Wildman–Crippen LogP) is 3.76. The van der Waals surface area contributed by atoms with E-state index >= 15 is 0 Å². The highest BCUT2D eigenvalue weighted by Crippen LogP contribution is 2.20. The molecule has 0 amide bonds. The Bertz CT molecular complexity index is 339. The van der Waals surface area contributed by atoms with E-state index in [4.69, 9.17) is 5.73 Å². The van der Waals surface area contributed by atoms with Gasteiger partial charge >= 0.3 is 0 Å². The van der Waals surface area contributed by atoms with Crippen LogP contribution >= 0.6 is 0 Å². The van der Waals surface area contributed by atoms with Crippen LogP contribution in [0.15, 0.2) is 24.3 Å². The van der Waals surface area contributed by atoms with E-state index in [0.717, 1.165) is 19.5 Å². The molecular weight excluding hydrogens is 232 g/mol. The topological polar surface area (TPSA) is 29.3 Å². The first kappa shape index (κ1) is 16.2. The van der Waals surface area contributed by atoms with Crippen molar-refractivity contribution in [1.82, 2.24) is 4.90 Å². The minimum atomic E-state index is 0.101. The molecule has 2 heteroatoms. The molecule has 2 unspecified atom stereocenters. The average molecular weight is 262 g/mol. The van der Waals surface area contributed by atoms with E-state index in [1.165, 1.54) is 24.0 Å². The van der Waals surface area contributed by atoms with E-state index < -0.39 is 0 Å². The van der Waals surface area contributed by atoms with Crippen LogP contribution in [0.2, 0.25) is 0 Å². The molecule has 2 nitrogen and oxygen atoms in total. The van der Waals surface area contributed by atoms with Crippen molar-refractivity contribution in [3.63, 3.8) is 0 Å². The van der Waals surface area contributed by atoms with Crippen molar-refractivity contribution in [3.05, 3.63) is 35.4 Å². The summed E-state index contributed by atoms with van der Waals surface area (Å²) in [5, 5.41) is 0. The highest BCUT2D eigenvalue weighted by atomic mass is 15.2. The number of hydrogen-bond donors (Lipinski definition) is 1. The number of nitrogens with zero attached hydrogens (tertiary/aromatic N) is 1. The lowest BCUT2D eigenvalue weighted by Crippen LogP contribution is -2.41. The summed E-state index contributed by atoms with van der Waals surface area (Å²) in [5.41, 5.74) is 9.08. The van der Waals surface area contributed by atoms with Crippen molar-refractivity contribution in [2.45, 2.75) is 59.0 Å². The van der Waals surface area contributed by atoms with Gasteiger partial charge in [0.25, 0.3) is 0 Å². The van der Waals surface area contributed by atoms with Gasteiger partial charge in [-0.15, -0.1) is 0 Å². The summed E-state index contributed by atoms with van der Waals surface area (Å²) in [7, 11) is 0. The molecule has 0 saturated carbocycles. The van der Waals surface area contributed by atoms with Crippen LogP contribution in [0.5, 0.6) is 0 Å². The summed E-state index contributed by atoms with van der Waals surface area (Å²) >= 11 is 0. The van der Waals surface area contributed by atoms with Crippen LogP contribution < -0.4 is 5.73 Å². The van der Waals surface area contributed by atoms with Gasteiger partial charge in [-0.25, -0.2) is 0 Å². The van der Waals surface area contributed by atoms with Gasteiger partial charge in [0.1, 0.15) is 0 Å². The fraction of sp³-hybridized carbons (Fsp3) is 0.647. The van der Waals surface area contributed by atoms with E-state index in [-0.39, 0.29) is 6.04 Å². The van der Waals surface area contributed by atoms with Crippen molar-refractivity contribution < 1.29 is 0 Å². The number of aryl methyl sites for hydroxylation is 1. The molecule has 1 aromatic carbocycles. The molecule has 0 fully saturated rings. The van der Waals surface area contributed by atoms with Crippen LogP contribution in [0.1, 0.15) is 57.7 Å². The quantitative estimate of drug-likeness (QED) is 0.773. The molecule has 0 aliphatic heterocycles. The van der Waals surface area contributed by atoms with Crippen LogP contribution in [0, 0.1) is 0 Å². The van der Waals surface area contributed by atoms with Crippen molar-refractivity contribution in [2.75, 3.05) is 13.1 Å². The van der Waals surface area contributed by atoms with Gasteiger partial charge in [-0.2, -0.15) is 0 Å². The Morgan fingerprint density at radius 2 is 1.53 bits per heavy atom. The average Bonchev–Trinajstić information content (AvgIpc) is 2.45. The molecule has 0 bridgehead atoms. The van der Waals surface area contributed by atoms with E-state index in [9.17, 15) is 0 Å². The minimum absolute atomic E-state index is 0.101. The molecule has 0 spiro atoms. The van der Waals surface area contributed by atoms with Gasteiger partial charge in [-0.1, -0.05) is 45.0 Å². The predicted molar refractivity (Wildman–Crippen MR) is 84.4 cm³/mol. The second kappa shape index (κ2) is 8.34. The standard InChI is InChI=1S/C17H30N2/c1-5-12-19(13-6-2)14(4)17(18)16-10-8-15(7-3)9-11-16/h8-11,14,17H,5-7,12-13,18H2,1-4H3. The minimum Gasteiger partial charge on any atom is -0.323 e. The number of hydrogen-bond acceptors (Lipinski definition) is 2. The lowest BCUT2D eigenvalue weighted by Gasteiger charge is -2.33. The van der Waals surface area contributed by atoms with Gasteiger partial charge in [-0.05, 0) is 50.4 Å². The fourth-order valence-corrected chi connectivity index (χ4v) is 2.57. The second-order valence-electron chi connectivity index (χ2n) is 5.40. The number of rotatable bonds is 8.